The van der Waals surface area contributed by atoms with Crippen LogP contribution in [-0.4, -0.2) is 5.97 Å². The lowest BCUT2D eigenvalue weighted by Gasteiger charge is -2.07. The second-order valence-electron chi connectivity index (χ2n) is 3.44. The number of halogens is 3. The fourth-order valence-electron chi connectivity index (χ4n) is 1.34. The number of ether oxygens (including phenoxy) is 1. The second-order valence-corrected chi connectivity index (χ2v) is 5.62. The number of benzene rings is 2. The van der Waals surface area contributed by atoms with Gasteiger partial charge in [0.05, 0.1) is 10.6 Å². The van der Waals surface area contributed by atoms with E-state index in [1.54, 1.807) is 36.4 Å². The van der Waals surface area contributed by atoms with Crippen LogP contribution in [0.4, 0.5) is 0 Å². The lowest BCUT2D eigenvalue weighted by molar-refractivity contribution is 0.0734. The molecule has 0 aliphatic carbocycles. The van der Waals surface area contributed by atoms with E-state index in [2.05, 4.69) is 31.9 Å². The molecule has 2 nitrogen and oxygen atoms in total. The van der Waals surface area contributed by atoms with Crippen LogP contribution in [0.25, 0.3) is 0 Å². The van der Waals surface area contributed by atoms with Gasteiger partial charge in [-0.25, -0.2) is 4.79 Å². The molecule has 0 bridgehead atoms. The third-order valence-corrected chi connectivity index (χ3v) is 3.67. The van der Waals surface area contributed by atoms with Gasteiger partial charge >= 0.3 is 5.97 Å². The molecule has 0 spiro atoms. The van der Waals surface area contributed by atoms with Gasteiger partial charge in [-0.1, -0.05) is 39.7 Å². The molecule has 92 valence electrons. The van der Waals surface area contributed by atoms with Gasteiger partial charge in [-0.15, -0.1) is 0 Å². The maximum absolute atomic E-state index is 11.9. The Kier molecular flexibility index (Phi) is 4.43. The highest BCUT2D eigenvalue weighted by molar-refractivity contribution is 9.10. The largest absolute Gasteiger partial charge is 0.421 e. The van der Waals surface area contributed by atoms with Crippen molar-refractivity contribution in [3.05, 3.63) is 62.0 Å². The standard InChI is InChI=1S/C13H7Br2ClO2/c14-8-5-6-12(11(16)7-8)18-13(17)9-3-1-2-4-10(9)15/h1-7H. The first-order chi connectivity index (χ1) is 8.58. The predicted octanol–water partition coefficient (Wildman–Crippen LogP) is 5.08. The summed E-state index contributed by atoms with van der Waals surface area (Å²) in [7, 11) is 0. The summed E-state index contributed by atoms with van der Waals surface area (Å²) in [5, 5.41) is 0.379. The second kappa shape index (κ2) is 5.87. The van der Waals surface area contributed by atoms with Gasteiger partial charge in [0.2, 0.25) is 0 Å². The molecule has 2 aromatic rings. The van der Waals surface area contributed by atoms with Crippen LogP contribution in [0.15, 0.2) is 51.4 Å². The van der Waals surface area contributed by atoms with Gasteiger partial charge < -0.3 is 4.74 Å². The van der Waals surface area contributed by atoms with Crippen molar-refractivity contribution in [2.45, 2.75) is 0 Å². The van der Waals surface area contributed by atoms with Crippen LogP contribution in [0, 0.1) is 0 Å². The Morgan fingerprint density at radius 3 is 2.50 bits per heavy atom. The summed E-state index contributed by atoms with van der Waals surface area (Å²) in [5.74, 6) is -0.118. The van der Waals surface area contributed by atoms with E-state index in [0.717, 1.165) is 4.47 Å². The summed E-state index contributed by atoms with van der Waals surface area (Å²) in [5.41, 5.74) is 0.455. The Balaban J connectivity index is 2.24. The monoisotopic (exact) mass is 388 g/mol. The molecule has 0 unspecified atom stereocenters. The SMILES string of the molecule is O=C(Oc1ccc(Br)cc1Cl)c1ccccc1Br. The van der Waals surface area contributed by atoms with E-state index in [1.807, 2.05) is 6.07 Å². The number of rotatable bonds is 2. The third kappa shape index (κ3) is 3.13. The smallest absolute Gasteiger partial charge is 0.344 e. The summed E-state index contributed by atoms with van der Waals surface area (Å²) in [6.45, 7) is 0. The molecule has 0 fully saturated rings. The fraction of sp³-hybridized carbons (Fsp3) is 0. The van der Waals surface area contributed by atoms with Gasteiger partial charge in [0.25, 0.3) is 0 Å². The van der Waals surface area contributed by atoms with Crippen LogP contribution in [0.3, 0.4) is 0 Å². The summed E-state index contributed by atoms with van der Waals surface area (Å²) < 4.78 is 6.76. The van der Waals surface area contributed by atoms with E-state index >= 15 is 0 Å². The Hall–Kier alpha value is -0.840. The topological polar surface area (TPSA) is 26.3 Å². The minimum atomic E-state index is -0.452. The van der Waals surface area contributed by atoms with Crippen molar-refractivity contribution in [2.24, 2.45) is 0 Å². The number of esters is 1. The Bertz CT molecular complexity index is 599. The van der Waals surface area contributed by atoms with Crippen LogP contribution in [0.1, 0.15) is 10.4 Å². The molecule has 0 heterocycles. The molecule has 0 radical (unpaired) electrons. The molecule has 0 saturated heterocycles. The van der Waals surface area contributed by atoms with Gasteiger partial charge in [-0.05, 0) is 46.3 Å². The molecule has 0 N–H and O–H groups in total. The molecular weight excluding hydrogens is 383 g/mol. The van der Waals surface area contributed by atoms with E-state index in [4.69, 9.17) is 16.3 Å². The van der Waals surface area contributed by atoms with Crippen LogP contribution < -0.4 is 4.74 Å². The van der Waals surface area contributed by atoms with Crippen molar-refractivity contribution < 1.29 is 9.53 Å². The number of hydrogen-bond acceptors (Lipinski definition) is 2. The molecule has 0 aliphatic heterocycles. The van der Waals surface area contributed by atoms with Crippen LogP contribution in [0.2, 0.25) is 5.02 Å². The third-order valence-electron chi connectivity index (χ3n) is 2.19. The Morgan fingerprint density at radius 1 is 1.11 bits per heavy atom. The average Bonchev–Trinajstić information content (AvgIpc) is 2.33. The zero-order valence-electron chi connectivity index (χ0n) is 8.99. The van der Waals surface area contributed by atoms with E-state index in [1.165, 1.54) is 0 Å². The first-order valence-electron chi connectivity index (χ1n) is 4.99. The Morgan fingerprint density at radius 2 is 1.83 bits per heavy atom. The molecule has 0 saturated carbocycles. The summed E-state index contributed by atoms with van der Waals surface area (Å²) in [4.78, 5) is 11.9. The number of carbonyl (C=O) groups is 1. The van der Waals surface area contributed by atoms with Crippen LogP contribution in [-0.2, 0) is 0 Å². The zero-order chi connectivity index (χ0) is 13.1. The fourth-order valence-corrected chi connectivity index (χ4v) is 2.50. The number of carbonyl (C=O) groups excluding carboxylic acids is 1. The molecule has 0 atom stereocenters. The lowest BCUT2D eigenvalue weighted by Crippen LogP contribution is -2.09. The minimum Gasteiger partial charge on any atom is -0.421 e. The predicted molar refractivity (Wildman–Crippen MR) is 78.3 cm³/mol. The molecule has 5 heteroatoms. The molecule has 0 amide bonds. The van der Waals surface area contributed by atoms with E-state index < -0.39 is 5.97 Å². The van der Waals surface area contributed by atoms with Crippen molar-refractivity contribution in [1.82, 2.24) is 0 Å². The quantitative estimate of drug-likeness (QED) is 0.528. The number of hydrogen-bond donors (Lipinski definition) is 0. The van der Waals surface area contributed by atoms with Crippen molar-refractivity contribution in [2.75, 3.05) is 0 Å². The first kappa shape index (κ1) is 13.6. The van der Waals surface area contributed by atoms with Gasteiger partial charge in [0.1, 0.15) is 5.75 Å². The van der Waals surface area contributed by atoms with Crippen molar-refractivity contribution in [1.29, 1.82) is 0 Å². The highest BCUT2D eigenvalue weighted by Gasteiger charge is 2.13. The van der Waals surface area contributed by atoms with Gasteiger partial charge in [-0.3, -0.25) is 0 Å². The molecular formula is C13H7Br2ClO2. The minimum absolute atomic E-state index is 0.334. The van der Waals surface area contributed by atoms with Gasteiger partial charge in [0.15, 0.2) is 0 Å². The molecule has 2 aromatic carbocycles. The highest BCUT2D eigenvalue weighted by atomic mass is 79.9. The molecule has 0 aromatic heterocycles. The maximum Gasteiger partial charge on any atom is 0.344 e. The molecule has 2 rings (SSSR count). The lowest BCUT2D eigenvalue weighted by atomic mass is 10.2. The van der Waals surface area contributed by atoms with E-state index in [9.17, 15) is 4.79 Å². The van der Waals surface area contributed by atoms with Gasteiger partial charge in [0, 0.05) is 8.95 Å². The van der Waals surface area contributed by atoms with Crippen molar-refractivity contribution >= 4 is 49.4 Å². The van der Waals surface area contributed by atoms with Crippen molar-refractivity contribution in [3.63, 3.8) is 0 Å². The maximum atomic E-state index is 11.9. The Labute approximate surface area is 126 Å². The highest BCUT2D eigenvalue weighted by Crippen LogP contribution is 2.29. The zero-order valence-corrected chi connectivity index (χ0v) is 12.9. The van der Waals surface area contributed by atoms with Crippen molar-refractivity contribution in [3.8, 4) is 5.75 Å². The van der Waals surface area contributed by atoms with E-state index in [-0.39, 0.29) is 0 Å². The normalized spacial score (nSPS) is 10.2. The van der Waals surface area contributed by atoms with Gasteiger partial charge in [-0.2, -0.15) is 0 Å². The van der Waals surface area contributed by atoms with E-state index in [0.29, 0.717) is 20.8 Å². The molecule has 0 aliphatic rings. The summed E-state index contributed by atoms with van der Waals surface area (Å²) in [6, 6.07) is 12.1. The average molecular weight is 390 g/mol. The van der Waals surface area contributed by atoms with Crippen LogP contribution >= 0.6 is 43.5 Å². The first-order valence-corrected chi connectivity index (χ1v) is 6.96. The molecule has 18 heavy (non-hydrogen) atoms. The summed E-state index contributed by atoms with van der Waals surface area (Å²) >= 11 is 12.6. The van der Waals surface area contributed by atoms with Crippen LogP contribution in [0.5, 0.6) is 5.75 Å². The summed E-state index contributed by atoms with van der Waals surface area (Å²) in [6.07, 6.45) is 0.